The minimum atomic E-state index is 0.105. The molecule has 2 aromatic rings. The monoisotopic (exact) mass is 282 g/mol. The second kappa shape index (κ2) is 7.48. The van der Waals surface area contributed by atoms with Crippen LogP contribution in [0.3, 0.4) is 0 Å². The van der Waals surface area contributed by atoms with Crippen LogP contribution in [0.15, 0.2) is 48.5 Å². The van der Waals surface area contributed by atoms with Crippen molar-refractivity contribution in [3.05, 3.63) is 65.2 Å². The Kier molecular flexibility index (Phi) is 5.38. The molecule has 0 saturated carbocycles. The molecule has 0 heterocycles. The summed E-state index contributed by atoms with van der Waals surface area (Å²) in [4.78, 5) is 11.8. The number of nitrogen functional groups attached to an aromatic ring is 1. The first-order valence-corrected chi connectivity index (χ1v) is 7.31. The molecular weight excluding hydrogens is 260 g/mol. The molecule has 0 atom stereocenters. The van der Waals surface area contributed by atoms with Crippen LogP contribution >= 0.6 is 0 Å². The van der Waals surface area contributed by atoms with Crippen molar-refractivity contribution in [3.63, 3.8) is 0 Å². The fraction of sp³-hybridized carbons (Fsp3) is 0.278. The summed E-state index contributed by atoms with van der Waals surface area (Å²) in [6.45, 7) is 2.74. The molecule has 0 bridgehead atoms. The van der Waals surface area contributed by atoms with Crippen molar-refractivity contribution in [2.45, 2.75) is 26.2 Å². The molecule has 0 aliphatic rings. The lowest BCUT2D eigenvalue weighted by atomic mass is 10.0. The van der Waals surface area contributed by atoms with E-state index < -0.39 is 0 Å². The lowest BCUT2D eigenvalue weighted by Gasteiger charge is -2.07. The lowest BCUT2D eigenvalue weighted by Crippen LogP contribution is -2.25. The van der Waals surface area contributed by atoms with E-state index in [0.717, 1.165) is 18.5 Å². The standard InChI is InChI=1S/C18H22N2O/c1-14-4-2-3-5-16(14)8-11-18(21)20-13-12-15-6-9-17(19)10-7-15/h2-7,9-10H,8,11-13,19H2,1H3,(H,20,21). The van der Waals surface area contributed by atoms with Gasteiger partial charge in [0.2, 0.25) is 5.91 Å². The molecular formula is C18H22N2O. The second-order valence-electron chi connectivity index (χ2n) is 5.27. The van der Waals surface area contributed by atoms with E-state index in [1.54, 1.807) is 0 Å². The molecule has 2 aromatic carbocycles. The second-order valence-corrected chi connectivity index (χ2v) is 5.27. The van der Waals surface area contributed by atoms with Crippen LogP contribution in [0.5, 0.6) is 0 Å². The van der Waals surface area contributed by atoms with Crippen molar-refractivity contribution < 1.29 is 4.79 Å². The zero-order chi connectivity index (χ0) is 15.1. The summed E-state index contributed by atoms with van der Waals surface area (Å²) in [6.07, 6.45) is 2.16. The number of carbonyl (C=O) groups is 1. The number of benzene rings is 2. The predicted octanol–water partition coefficient (Wildman–Crippen LogP) is 2.87. The van der Waals surface area contributed by atoms with Gasteiger partial charge >= 0.3 is 0 Å². The van der Waals surface area contributed by atoms with Crippen LogP contribution in [0.4, 0.5) is 5.69 Å². The van der Waals surface area contributed by atoms with Gasteiger partial charge in [-0.3, -0.25) is 4.79 Å². The van der Waals surface area contributed by atoms with Crippen LogP contribution in [-0.2, 0) is 17.6 Å². The van der Waals surface area contributed by atoms with Crippen molar-refractivity contribution in [1.82, 2.24) is 5.32 Å². The Labute approximate surface area is 126 Å². The maximum atomic E-state index is 11.8. The Morgan fingerprint density at radius 2 is 1.76 bits per heavy atom. The van der Waals surface area contributed by atoms with Gasteiger partial charge in [-0.1, -0.05) is 36.4 Å². The Bertz CT molecular complexity index is 590. The lowest BCUT2D eigenvalue weighted by molar-refractivity contribution is -0.121. The first-order chi connectivity index (χ1) is 10.1. The van der Waals surface area contributed by atoms with E-state index in [-0.39, 0.29) is 5.91 Å². The summed E-state index contributed by atoms with van der Waals surface area (Å²) in [7, 11) is 0. The SMILES string of the molecule is Cc1ccccc1CCC(=O)NCCc1ccc(N)cc1. The third-order valence-electron chi connectivity index (χ3n) is 3.60. The molecule has 0 unspecified atom stereocenters. The van der Waals surface area contributed by atoms with Gasteiger partial charge in [0.25, 0.3) is 0 Å². The van der Waals surface area contributed by atoms with E-state index in [1.807, 2.05) is 36.4 Å². The number of aryl methyl sites for hydroxylation is 2. The third-order valence-corrected chi connectivity index (χ3v) is 3.60. The number of carbonyl (C=O) groups excluding carboxylic acids is 1. The highest BCUT2D eigenvalue weighted by Gasteiger charge is 2.03. The molecule has 1 amide bonds. The highest BCUT2D eigenvalue weighted by molar-refractivity contribution is 5.76. The number of anilines is 1. The van der Waals surface area contributed by atoms with Gasteiger partial charge in [-0.15, -0.1) is 0 Å². The molecule has 3 nitrogen and oxygen atoms in total. The molecule has 0 aromatic heterocycles. The van der Waals surface area contributed by atoms with Crippen LogP contribution in [0, 0.1) is 6.92 Å². The summed E-state index contributed by atoms with van der Waals surface area (Å²) in [5.74, 6) is 0.105. The van der Waals surface area contributed by atoms with Crippen LogP contribution in [0.1, 0.15) is 23.1 Å². The van der Waals surface area contributed by atoms with Crippen LogP contribution in [-0.4, -0.2) is 12.5 Å². The Balaban J connectivity index is 1.70. The fourth-order valence-corrected chi connectivity index (χ4v) is 2.26. The van der Waals surface area contributed by atoms with Crippen molar-refractivity contribution >= 4 is 11.6 Å². The molecule has 21 heavy (non-hydrogen) atoms. The first-order valence-electron chi connectivity index (χ1n) is 7.31. The van der Waals surface area contributed by atoms with Crippen LogP contribution < -0.4 is 11.1 Å². The van der Waals surface area contributed by atoms with Crippen molar-refractivity contribution in [1.29, 1.82) is 0 Å². The maximum absolute atomic E-state index is 11.8. The Hall–Kier alpha value is -2.29. The zero-order valence-electron chi connectivity index (χ0n) is 12.4. The number of amides is 1. The van der Waals surface area contributed by atoms with Gasteiger partial charge in [0.05, 0.1) is 0 Å². The van der Waals surface area contributed by atoms with Gasteiger partial charge < -0.3 is 11.1 Å². The Morgan fingerprint density at radius 3 is 2.48 bits per heavy atom. The Morgan fingerprint density at radius 1 is 1.05 bits per heavy atom. The zero-order valence-corrected chi connectivity index (χ0v) is 12.4. The quantitative estimate of drug-likeness (QED) is 0.800. The molecule has 0 radical (unpaired) electrons. The van der Waals surface area contributed by atoms with Gasteiger partial charge in [0.1, 0.15) is 0 Å². The highest BCUT2D eigenvalue weighted by atomic mass is 16.1. The van der Waals surface area contributed by atoms with Crippen LogP contribution in [0.2, 0.25) is 0 Å². The number of rotatable bonds is 6. The topological polar surface area (TPSA) is 55.1 Å². The minimum absolute atomic E-state index is 0.105. The summed E-state index contributed by atoms with van der Waals surface area (Å²) >= 11 is 0. The molecule has 3 heteroatoms. The van der Waals surface area contributed by atoms with Gasteiger partial charge in [-0.05, 0) is 48.6 Å². The van der Waals surface area contributed by atoms with E-state index in [4.69, 9.17) is 5.73 Å². The first kappa shape index (κ1) is 15.1. The largest absolute Gasteiger partial charge is 0.399 e. The van der Waals surface area contributed by atoms with Crippen molar-refractivity contribution in [2.24, 2.45) is 0 Å². The van der Waals surface area contributed by atoms with Gasteiger partial charge in [-0.2, -0.15) is 0 Å². The average Bonchev–Trinajstić information content (AvgIpc) is 2.48. The average molecular weight is 282 g/mol. The maximum Gasteiger partial charge on any atom is 0.220 e. The van der Waals surface area contributed by atoms with Crippen molar-refractivity contribution in [2.75, 3.05) is 12.3 Å². The summed E-state index contributed by atoms with van der Waals surface area (Å²) < 4.78 is 0. The van der Waals surface area contributed by atoms with E-state index in [9.17, 15) is 4.79 Å². The summed E-state index contributed by atoms with van der Waals surface area (Å²) in [5, 5.41) is 2.97. The molecule has 110 valence electrons. The summed E-state index contributed by atoms with van der Waals surface area (Å²) in [6, 6.07) is 16.0. The predicted molar refractivity (Wildman–Crippen MR) is 87.1 cm³/mol. The number of hydrogen-bond acceptors (Lipinski definition) is 2. The van der Waals surface area contributed by atoms with Gasteiger partial charge in [0.15, 0.2) is 0 Å². The van der Waals surface area contributed by atoms with E-state index in [0.29, 0.717) is 13.0 Å². The molecule has 2 rings (SSSR count). The number of nitrogens with one attached hydrogen (secondary N) is 1. The minimum Gasteiger partial charge on any atom is -0.399 e. The fourth-order valence-electron chi connectivity index (χ4n) is 2.26. The number of hydrogen-bond donors (Lipinski definition) is 2. The number of nitrogens with two attached hydrogens (primary N) is 1. The third kappa shape index (κ3) is 4.95. The smallest absolute Gasteiger partial charge is 0.220 e. The molecule has 0 aliphatic carbocycles. The van der Waals surface area contributed by atoms with Crippen LogP contribution in [0.25, 0.3) is 0 Å². The van der Waals surface area contributed by atoms with Crippen molar-refractivity contribution in [3.8, 4) is 0 Å². The highest BCUT2D eigenvalue weighted by Crippen LogP contribution is 2.09. The van der Waals surface area contributed by atoms with Gasteiger partial charge in [0, 0.05) is 18.7 Å². The molecule has 0 saturated heterocycles. The van der Waals surface area contributed by atoms with E-state index in [2.05, 4.69) is 24.4 Å². The molecule has 3 N–H and O–H groups in total. The molecule has 0 aliphatic heterocycles. The normalized spacial score (nSPS) is 10.3. The molecule has 0 spiro atoms. The molecule has 0 fully saturated rings. The summed E-state index contributed by atoms with van der Waals surface area (Å²) in [5.41, 5.74) is 10.1. The van der Waals surface area contributed by atoms with E-state index in [1.165, 1.54) is 16.7 Å². The van der Waals surface area contributed by atoms with Gasteiger partial charge in [-0.25, -0.2) is 0 Å². The van der Waals surface area contributed by atoms with E-state index >= 15 is 0 Å².